The van der Waals surface area contributed by atoms with Crippen LogP contribution in [-0.2, 0) is 12.6 Å². The number of halogens is 3. The van der Waals surface area contributed by atoms with Crippen LogP contribution in [0, 0.1) is 5.92 Å². The van der Waals surface area contributed by atoms with Crippen molar-refractivity contribution in [2.75, 3.05) is 13.1 Å². The number of nitrogens with one attached hydrogen (secondary N) is 1. The van der Waals surface area contributed by atoms with Gasteiger partial charge >= 0.3 is 6.18 Å². The van der Waals surface area contributed by atoms with Crippen LogP contribution in [-0.4, -0.2) is 13.1 Å². The molecule has 112 valence electrons. The summed E-state index contributed by atoms with van der Waals surface area (Å²) < 4.78 is 37.1. The lowest BCUT2D eigenvalue weighted by atomic mass is 10.1. The summed E-state index contributed by atoms with van der Waals surface area (Å²) in [6, 6.07) is 5.33. The van der Waals surface area contributed by atoms with Gasteiger partial charge in [0.25, 0.3) is 0 Å². The van der Waals surface area contributed by atoms with Crippen molar-refractivity contribution in [2.24, 2.45) is 5.92 Å². The Morgan fingerprint density at radius 1 is 1.10 bits per heavy atom. The summed E-state index contributed by atoms with van der Waals surface area (Å²) in [5, 5.41) is 3.33. The molecular formula is C16H22F3N. The maximum absolute atomic E-state index is 12.4. The highest BCUT2D eigenvalue weighted by atomic mass is 19.4. The lowest BCUT2D eigenvalue weighted by molar-refractivity contribution is -0.137. The van der Waals surface area contributed by atoms with Crippen LogP contribution in [0.25, 0.3) is 0 Å². The highest BCUT2D eigenvalue weighted by molar-refractivity contribution is 5.25. The van der Waals surface area contributed by atoms with Gasteiger partial charge in [-0.25, -0.2) is 0 Å². The van der Waals surface area contributed by atoms with Gasteiger partial charge in [-0.3, -0.25) is 0 Å². The van der Waals surface area contributed by atoms with E-state index in [0.29, 0.717) is 12.3 Å². The van der Waals surface area contributed by atoms with Crippen LogP contribution in [0.3, 0.4) is 0 Å². The van der Waals surface area contributed by atoms with Crippen LogP contribution in [0.5, 0.6) is 0 Å². The van der Waals surface area contributed by atoms with Crippen molar-refractivity contribution in [3.8, 4) is 0 Å². The quantitative estimate of drug-likeness (QED) is 0.577. The van der Waals surface area contributed by atoms with Gasteiger partial charge in [0, 0.05) is 0 Å². The Morgan fingerprint density at radius 3 is 2.30 bits per heavy atom. The summed E-state index contributed by atoms with van der Waals surface area (Å²) in [6.45, 7) is 6.26. The van der Waals surface area contributed by atoms with Gasteiger partial charge in [0.05, 0.1) is 5.56 Å². The van der Waals surface area contributed by atoms with Gasteiger partial charge in [0.15, 0.2) is 0 Å². The van der Waals surface area contributed by atoms with Crippen molar-refractivity contribution in [1.82, 2.24) is 5.32 Å². The Labute approximate surface area is 118 Å². The first-order valence-corrected chi connectivity index (χ1v) is 6.91. The van der Waals surface area contributed by atoms with E-state index in [2.05, 4.69) is 25.2 Å². The lowest BCUT2D eigenvalue weighted by Crippen LogP contribution is -2.20. The summed E-state index contributed by atoms with van der Waals surface area (Å²) in [7, 11) is 0. The zero-order chi connectivity index (χ0) is 15.0. The molecule has 0 radical (unpaired) electrons. The Bertz CT molecular complexity index is 405. The molecule has 0 aromatic heterocycles. The molecule has 1 N–H and O–H groups in total. The standard InChI is InChI=1S/C16H22F3N/c1-13(2)12-20-11-5-3-4-6-14-7-9-15(10-8-14)16(17,18)19/h3-4,7-10,13,20H,5-6,11-12H2,1-2H3. The van der Waals surface area contributed by atoms with Crippen LogP contribution >= 0.6 is 0 Å². The Morgan fingerprint density at radius 2 is 1.75 bits per heavy atom. The van der Waals surface area contributed by atoms with Crippen molar-refractivity contribution in [2.45, 2.75) is 32.9 Å². The summed E-state index contributed by atoms with van der Waals surface area (Å²) in [5.74, 6) is 0.645. The molecule has 0 saturated carbocycles. The molecule has 20 heavy (non-hydrogen) atoms. The predicted molar refractivity (Wildman–Crippen MR) is 76.6 cm³/mol. The minimum Gasteiger partial charge on any atom is -0.316 e. The smallest absolute Gasteiger partial charge is 0.316 e. The second kappa shape index (κ2) is 8.10. The lowest BCUT2D eigenvalue weighted by Gasteiger charge is -2.06. The van der Waals surface area contributed by atoms with Crippen LogP contribution in [0.2, 0.25) is 0 Å². The van der Waals surface area contributed by atoms with E-state index in [4.69, 9.17) is 0 Å². The van der Waals surface area contributed by atoms with Crippen molar-refractivity contribution >= 4 is 0 Å². The average Bonchev–Trinajstić information content (AvgIpc) is 2.37. The summed E-state index contributed by atoms with van der Waals surface area (Å²) in [6.07, 6.45) is 1.41. The molecule has 0 atom stereocenters. The molecule has 4 heteroatoms. The highest BCUT2D eigenvalue weighted by Crippen LogP contribution is 2.29. The van der Waals surface area contributed by atoms with E-state index in [1.165, 1.54) is 12.1 Å². The zero-order valence-electron chi connectivity index (χ0n) is 12.0. The monoisotopic (exact) mass is 285 g/mol. The van der Waals surface area contributed by atoms with Gasteiger partial charge in [0.1, 0.15) is 0 Å². The van der Waals surface area contributed by atoms with Crippen LogP contribution in [0.1, 0.15) is 31.4 Å². The van der Waals surface area contributed by atoms with E-state index in [-0.39, 0.29) is 0 Å². The van der Waals surface area contributed by atoms with Crippen molar-refractivity contribution in [1.29, 1.82) is 0 Å². The molecule has 0 heterocycles. The first kappa shape index (κ1) is 16.8. The number of hydrogen-bond donors (Lipinski definition) is 1. The molecule has 0 bridgehead atoms. The molecule has 0 unspecified atom stereocenters. The van der Waals surface area contributed by atoms with Crippen LogP contribution < -0.4 is 5.32 Å². The normalized spacial score (nSPS) is 12.5. The van der Waals surface area contributed by atoms with Gasteiger partial charge in [-0.15, -0.1) is 0 Å². The van der Waals surface area contributed by atoms with Crippen molar-refractivity contribution < 1.29 is 13.2 Å². The number of alkyl halides is 3. The second-order valence-electron chi connectivity index (χ2n) is 5.26. The summed E-state index contributed by atoms with van der Waals surface area (Å²) in [4.78, 5) is 0. The van der Waals surface area contributed by atoms with E-state index in [9.17, 15) is 13.2 Å². The number of rotatable bonds is 7. The van der Waals surface area contributed by atoms with E-state index in [0.717, 1.165) is 37.2 Å². The van der Waals surface area contributed by atoms with Crippen LogP contribution in [0.15, 0.2) is 36.4 Å². The Hall–Kier alpha value is -1.29. The summed E-state index contributed by atoms with van der Waals surface area (Å²) >= 11 is 0. The molecule has 0 aliphatic carbocycles. The molecule has 0 aliphatic heterocycles. The molecule has 0 spiro atoms. The van der Waals surface area contributed by atoms with Gasteiger partial charge in [-0.05, 0) is 49.5 Å². The fourth-order valence-corrected chi connectivity index (χ4v) is 1.74. The van der Waals surface area contributed by atoms with Crippen molar-refractivity contribution in [3.05, 3.63) is 47.5 Å². The largest absolute Gasteiger partial charge is 0.416 e. The van der Waals surface area contributed by atoms with E-state index < -0.39 is 11.7 Å². The molecule has 1 aromatic rings. The van der Waals surface area contributed by atoms with Gasteiger partial charge in [-0.1, -0.05) is 38.1 Å². The molecule has 1 aromatic carbocycles. The second-order valence-corrected chi connectivity index (χ2v) is 5.26. The van der Waals surface area contributed by atoms with Gasteiger partial charge < -0.3 is 5.32 Å². The molecule has 1 nitrogen and oxygen atoms in total. The maximum atomic E-state index is 12.4. The molecule has 0 amide bonds. The highest BCUT2D eigenvalue weighted by Gasteiger charge is 2.29. The van der Waals surface area contributed by atoms with E-state index in [1.807, 2.05) is 6.08 Å². The third-order valence-electron chi connectivity index (χ3n) is 2.84. The van der Waals surface area contributed by atoms with E-state index in [1.54, 1.807) is 0 Å². The van der Waals surface area contributed by atoms with Crippen molar-refractivity contribution in [3.63, 3.8) is 0 Å². The Kier molecular flexibility index (Phi) is 6.79. The number of benzene rings is 1. The predicted octanol–water partition coefficient (Wildman–Crippen LogP) is 4.44. The molecule has 0 aliphatic rings. The topological polar surface area (TPSA) is 12.0 Å². The van der Waals surface area contributed by atoms with Gasteiger partial charge in [0.2, 0.25) is 0 Å². The van der Waals surface area contributed by atoms with Crippen LogP contribution in [0.4, 0.5) is 13.2 Å². The minimum atomic E-state index is -4.25. The number of hydrogen-bond acceptors (Lipinski definition) is 1. The zero-order valence-corrected chi connectivity index (χ0v) is 12.0. The minimum absolute atomic E-state index is 0.594. The third-order valence-corrected chi connectivity index (χ3v) is 2.84. The number of allylic oxidation sites excluding steroid dienone is 1. The summed E-state index contributed by atoms with van der Waals surface area (Å²) in [5.41, 5.74) is 0.299. The first-order chi connectivity index (χ1) is 9.39. The first-order valence-electron chi connectivity index (χ1n) is 6.91. The molecular weight excluding hydrogens is 263 g/mol. The molecule has 0 saturated heterocycles. The Balaban J connectivity index is 2.28. The SMILES string of the molecule is CC(C)CNCCC=CCc1ccc(C(F)(F)F)cc1. The third kappa shape index (κ3) is 6.75. The van der Waals surface area contributed by atoms with E-state index >= 15 is 0 Å². The fourth-order valence-electron chi connectivity index (χ4n) is 1.74. The molecule has 0 fully saturated rings. The van der Waals surface area contributed by atoms with Gasteiger partial charge in [-0.2, -0.15) is 13.2 Å². The average molecular weight is 285 g/mol. The maximum Gasteiger partial charge on any atom is 0.416 e. The fraction of sp³-hybridized carbons (Fsp3) is 0.500. The molecule has 1 rings (SSSR count).